The quantitative estimate of drug-likeness (QED) is 0.837. The lowest BCUT2D eigenvalue weighted by Gasteiger charge is -2.17. The van der Waals surface area contributed by atoms with Gasteiger partial charge in [0.25, 0.3) is 5.91 Å². The Morgan fingerprint density at radius 1 is 1.47 bits per heavy atom. The zero-order chi connectivity index (χ0) is 12.8. The highest BCUT2D eigenvalue weighted by Crippen LogP contribution is 2.08. The molecule has 0 saturated carbocycles. The van der Waals surface area contributed by atoms with Crippen LogP contribution < -0.4 is 0 Å². The van der Waals surface area contributed by atoms with Crippen LogP contribution in [0.3, 0.4) is 0 Å². The molecule has 1 rings (SSSR count). The summed E-state index contributed by atoms with van der Waals surface area (Å²) in [5.41, 5.74) is 1.43. The fourth-order valence-corrected chi connectivity index (χ4v) is 1.46. The first-order valence-corrected chi connectivity index (χ1v) is 5.40. The first-order chi connectivity index (χ1) is 8.02. The summed E-state index contributed by atoms with van der Waals surface area (Å²) < 4.78 is 0. The van der Waals surface area contributed by atoms with Crippen LogP contribution in [0, 0.1) is 6.92 Å². The minimum Gasteiger partial charge on any atom is -0.481 e. The number of carboxylic acids is 1. The summed E-state index contributed by atoms with van der Waals surface area (Å²) in [5, 5.41) is 8.51. The van der Waals surface area contributed by atoms with Gasteiger partial charge < -0.3 is 10.0 Å². The van der Waals surface area contributed by atoms with Crippen molar-refractivity contribution in [3.05, 3.63) is 29.6 Å². The molecule has 0 saturated heterocycles. The van der Waals surface area contributed by atoms with Crippen LogP contribution in [-0.4, -0.2) is 40.5 Å². The zero-order valence-electron chi connectivity index (χ0n) is 10.0. The molecule has 1 aromatic rings. The maximum atomic E-state index is 12.0. The van der Waals surface area contributed by atoms with Gasteiger partial charge in [-0.1, -0.05) is 0 Å². The van der Waals surface area contributed by atoms with Crippen molar-refractivity contribution < 1.29 is 14.7 Å². The van der Waals surface area contributed by atoms with Crippen molar-refractivity contribution in [2.45, 2.75) is 19.8 Å². The van der Waals surface area contributed by atoms with Crippen LogP contribution in [0.15, 0.2) is 18.5 Å². The topological polar surface area (TPSA) is 70.5 Å². The second-order valence-corrected chi connectivity index (χ2v) is 3.91. The van der Waals surface area contributed by atoms with E-state index in [0.29, 0.717) is 18.5 Å². The lowest BCUT2D eigenvalue weighted by molar-refractivity contribution is -0.137. The summed E-state index contributed by atoms with van der Waals surface area (Å²) in [6.07, 6.45) is 3.70. The van der Waals surface area contributed by atoms with E-state index in [9.17, 15) is 9.59 Å². The Morgan fingerprint density at radius 2 is 2.18 bits per heavy atom. The molecular formula is C12H16N2O3. The fourth-order valence-electron chi connectivity index (χ4n) is 1.46. The third-order valence-corrected chi connectivity index (χ3v) is 2.50. The number of aromatic nitrogens is 1. The molecule has 0 aliphatic carbocycles. The second-order valence-electron chi connectivity index (χ2n) is 3.91. The van der Waals surface area contributed by atoms with Crippen molar-refractivity contribution in [2.24, 2.45) is 0 Å². The minimum absolute atomic E-state index is 0.0731. The smallest absolute Gasteiger partial charge is 0.303 e. The van der Waals surface area contributed by atoms with Crippen molar-refractivity contribution in [3.63, 3.8) is 0 Å². The van der Waals surface area contributed by atoms with E-state index in [1.807, 2.05) is 6.92 Å². The largest absolute Gasteiger partial charge is 0.481 e. The van der Waals surface area contributed by atoms with E-state index in [1.165, 1.54) is 11.1 Å². The van der Waals surface area contributed by atoms with Gasteiger partial charge in [-0.2, -0.15) is 0 Å². The number of hydrogen-bond acceptors (Lipinski definition) is 3. The van der Waals surface area contributed by atoms with E-state index >= 15 is 0 Å². The van der Waals surface area contributed by atoms with Gasteiger partial charge in [0, 0.05) is 32.4 Å². The molecule has 0 aliphatic rings. The predicted molar refractivity (Wildman–Crippen MR) is 62.8 cm³/mol. The molecule has 0 aliphatic heterocycles. The number of carboxylic acid groups (broad SMARTS) is 1. The number of hydrogen-bond donors (Lipinski definition) is 1. The van der Waals surface area contributed by atoms with E-state index < -0.39 is 5.97 Å². The zero-order valence-corrected chi connectivity index (χ0v) is 10.0. The van der Waals surface area contributed by atoms with E-state index in [-0.39, 0.29) is 12.3 Å². The Morgan fingerprint density at radius 3 is 2.76 bits per heavy atom. The molecule has 92 valence electrons. The molecule has 1 aromatic heterocycles. The van der Waals surface area contributed by atoms with Gasteiger partial charge in [0.15, 0.2) is 0 Å². The number of aliphatic carboxylic acids is 1. The number of amides is 1. The monoisotopic (exact) mass is 236 g/mol. The van der Waals surface area contributed by atoms with Crippen LogP contribution in [0.1, 0.15) is 28.8 Å². The number of pyridine rings is 1. The Labute approximate surface area is 100 Å². The number of nitrogens with zero attached hydrogens (tertiary/aromatic N) is 2. The normalized spacial score (nSPS) is 10.0. The summed E-state index contributed by atoms with van der Waals surface area (Å²) >= 11 is 0. The van der Waals surface area contributed by atoms with Crippen LogP contribution in [-0.2, 0) is 4.79 Å². The summed E-state index contributed by atoms with van der Waals surface area (Å²) in [7, 11) is 1.66. The molecule has 5 heteroatoms. The first kappa shape index (κ1) is 13.2. The second kappa shape index (κ2) is 5.98. The van der Waals surface area contributed by atoms with Crippen LogP contribution in [0.25, 0.3) is 0 Å². The van der Waals surface area contributed by atoms with Gasteiger partial charge in [-0.15, -0.1) is 0 Å². The lowest BCUT2D eigenvalue weighted by Crippen LogP contribution is -2.28. The first-order valence-electron chi connectivity index (χ1n) is 5.40. The molecule has 1 heterocycles. The third-order valence-electron chi connectivity index (χ3n) is 2.50. The average Bonchev–Trinajstić information content (AvgIpc) is 2.28. The van der Waals surface area contributed by atoms with Gasteiger partial charge in [-0.05, 0) is 25.0 Å². The lowest BCUT2D eigenvalue weighted by atomic mass is 10.1. The Bertz CT molecular complexity index is 418. The third kappa shape index (κ3) is 3.86. The van der Waals surface area contributed by atoms with Gasteiger partial charge in [0.2, 0.25) is 0 Å². The summed E-state index contributed by atoms with van der Waals surface area (Å²) in [6, 6.07) is 1.78. The van der Waals surface area contributed by atoms with Crippen LogP contribution in [0.2, 0.25) is 0 Å². The van der Waals surface area contributed by atoms with Gasteiger partial charge in [-0.25, -0.2) is 0 Å². The number of rotatable bonds is 5. The van der Waals surface area contributed by atoms with Gasteiger partial charge in [-0.3, -0.25) is 14.6 Å². The summed E-state index contributed by atoms with van der Waals surface area (Å²) in [5.74, 6) is -0.968. The molecule has 0 fully saturated rings. The molecule has 0 spiro atoms. The molecule has 17 heavy (non-hydrogen) atoms. The maximum Gasteiger partial charge on any atom is 0.303 e. The van der Waals surface area contributed by atoms with E-state index in [2.05, 4.69) is 4.98 Å². The molecule has 1 amide bonds. The Balaban J connectivity index is 2.58. The van der Waals surface area contributed by atoms with Crippen LogP contribution >= 0.6 is 0 Å². The van der Waals surface area contributed by atoms with Crippen molar-refractivity contribution >= 4 is 11.9 Å². The fraction of sp³-hybridized carbons (Fsp3) is 0.417. The molecule has 0 atom stereocenters. The van der Waals surface area contributed by atoms with E-state index in [4.69, 9.17) is 5.11 Å². The van der Waals surface area contributed by atoms with Crippen LogP contribution in [0.5, 0.6) is 0 Å². The molecule has 5 nitrogen and oxygen atoms in total. The molecule has 1 N–H and O–H groups in total. The van der Waals surface area contributed by atoms with E-state index in [1.54, 1.807) is 19.3 Å². The van der Waals surface area contributed by atoms with Gasteiger partial charge >= 0.3 is 5.97 Å². The number of aryl methyl sites for hydroxylation is 1. The maximum absolute atomic E-state index is 12.0. The van der Waals surface area contributed by atoms with Gasteiger partial charge in [0.1, 0.15) is 0 Å². The van der Waals surface area contributed by atoms with Crippen molar-refractivity contribution in [1.29, 1.82) is 0 Å². The highest BCUT2D eigenvalue weighted by Gasteiger charge is 2.13. The van der Waals surface area contributed by atoms with E-state index in [0.717, 1.165) is 5.56 Å². The standard InChI is InChI=1S/C12H16N2O3/c1-9-5-6-13-8-10(9)12(17)14(2)7-3-4-11(15)16/h5-6,8H,3-4,7H2,1-2H3,(H,15,16). The molecule has 0 bridgehead atoms. The number of carbonyl (C=O) groups is 2. The summed E-state index contributed by atoms with van der Waals surface area (Å²) in [4.78, 5) is 27.8. The van der Waals surface area contributed by atoms with Gasteiger partial charge in [0.05, 0.1) is 5.56 Å². The van der Waals surface area contributed by atoms with Crippen molar-refractivity contribution in [2.75, 3.05) is 13.6 Å². The molecule has 0 unspecified atom stereocenters. The molecule has 0 radical (unpaired) electrons. The average molecular weight is 236 g/mol. The van der Waals surface area contributed by atoms with Crippen molar-refractivity contribution in [3.8, 4) is 0 Å². The van der Waals surface area contributed by atoms with Crippen molar-refractivity contribution in [1.82, 2.24) is 9.88 Å². The highest BCUT2D eigenvalue weighted by molar-refractivity contribution is 5.95. The predicted octanol–water partition coefficient (Wildman–Crippen LogP) is 1.33. The van der Waals surface area contributed by atoms with Crippen LogP contribution in [0.4, 0.5) is 0 Å². The summed E-state index contributed by atoms with van der Waals surface area (Å²) in [6.45, 7) is 2.28. The molecular weight excluding hydrogens is 220 g/mol. The highest BCUT2D eigenvalue weighted by atomic mass is 16.4. The number of carbonyl (C=O) groups excluding carboxylic acids is 1. The molecule has 0 aromatic carbocycles. The minimum atomic E-state index is -0.844. The SMILES string of the molecule is Cc1ccncc1C(=O)N(C)CCCC(=O)O. The Hall–Kier alpha value is -1.91. The Kier molecular flexibility index (Phi) is 4.63.